The summed E-state index contributed by atoms with van der Waals surface area (Å²) in [4.78, 5) is 12.7. The van der Waals surface area contributed by atoms with E-state index in [0.717, 1.165) is 6.54 Å². The monoisotopic (exact) mass is 168 g/mol. The first kappa shape index (κ1) is 11.1. The molecular weight excluding hydrogens is 152 g/mol. The minimum Gasteiger partial charge on any atom is -0.302 e. The highest BCUT2D eigenvalue weighted by molar-refractivity contribution is 5.75. The molecule has 0 fully saturated rings. The van der Waals surface area contributed by atoms with Gasteiger partial charge in [0.25, 0.3) is 0 Å². The quantitative estimate of drug-likeness (QED) is 0.619. The first-order valence-electron chi connectivity index (χ1n) is 4.14. The summed E-state index contributed by atoms with van der Waals surface area (Å²) in [6.07, 6.45) is 1.10. The zero-order chi connectivity index (χ0) is 9.56. The van der Waals surface area contributed by atoms with E-state index in [4.69, 9.17) is 5.26 Å². The topological polar surface area (TPSA) is 44.1 Å². The zero-order valence-electron chi connectivity index (χ0n) is 8.00. The standard InChI is InChI=1S/C9H16N2O/c1-8(4-6-10)11(3)7-5-9(2)12/h8H,4-5,7H2,1-3H3. The average Bonchev–Trinajstić information content (AvgIpc) is 2.00. The van der Waals surface area contributed by atoms with Gasteiger partial charge in [0.05, 0.1) is 12.5 Å². The van der Waals surface area contributed by atoms with E-state index in [9.17, 15) is 4.79 Å². The maximum atomic E-state index is 10.6. The smallest absolute Gasteiger partial charge is 0.131 e. The molecule has 0 bridgehead atoms. The number of hydrogen-bond donors (Lipinski definition) is 0. The highest BCUT2D eigenvalue weighted by Crippen LogP contribution is 2.00. The fraction of sp³-hybridized carbons (Fsp3) is 0.778. The van der Waals surface area contributed by atoms with E-state index in [0.29, 0.717) is 12.8 Å². The third kappa shape index (κ3) is 4.86. The molecule has 3 heteroatoms. The van der Waals surface area contributed by atoms with Gasteiger partial charge in [-0.1, -0.05) is 0 Å². The number of carbonyl (C=O) groups excluding carboxylic acids is 1. The molecular formula is C9H16N2O. The molecule has 1 atom stereocenters. The van der Waals surface area contributed by atoms with Crippen LogP contribution in [0.25, 0.3) is 0 Å². The number of nitriles is 1. The Kier molecular flexibility index (Phi) is 5.31. The molecule has 12 heavy (non-hydrogen) atoms. The highest BCUT2D eigenvalue weighted by Gasteiger charge is 2.08. The number of Topliss-reactive ketones (excluding diaryl/α,β-unsaturated/α-hetero) is 1. The fourth-order valence-electron chi connectivity index (χ4n) is 0.842. The van der Waals surface area contributed by atoms with Crippen molar-refractivity contribution in [1.82, 2.24) is 4.90 Å². The number of ketones is 1. The van der Waals surface area contributed by atoms with Gasteiger partial charge in [0.1, 0.15) is 5.78 Å². The number of rotatable bonds is 5. The Morgan fingerprint density at radius 2 is 2.25 bits per heavy atom. The summed E-state index contributed by atoms with van der Waals surface area (Å²) in [7, 11) is 1.94. The lowest BCUT2D eigenvalue weighted by molar-refractivity contribution is -0.117. The highest BCUT2D eigenvalue weighted by atomic mass is 16.1. The van der Waals surface area contributed by atoms with Crippen molar-refractivity contribution in [1.29, 1.82) is 5.26 Å². The van der Waals surface area contributed by atoms with Crippen molar-refractivity contribution in [2.24, 2.45) is 0 Å². The predicted molar refractivity (Wildman–Crippen MR) is 47.6 cm³/mol. The van der Waals surface area contributed by atoms with Crippen LogP contribution in [0.5, 0.6) is 0 Å². The van der Waals surface area contributed by atoms with Crippen molar-refractivity contribution in [3.63, 3.8) is 0 Å². The van der Waals surface area contributed by atoms with Gasteiger partial charge in [-0.05, 0) is 20.9 Å². The molecule has 0 rings (SSSR count). The van der Waals surface area contributed by atoms with Gasteiger partial charge in [-0.25, -0.2) is 0 Å². The zero-order valence-corrected chi connectivity index (χ0v) is 8.00. The van der Waals surface area contributed by atoms with Gasteiger partial charge in [-0.2, -0.15) is 5.26 Å². The van der Waals surface area contributed by atoms with Crippen molar-refractivity contribution in [2.45, 2.75) is 32.7 Å². The molecule has 0 aromatic carbocycles. The van der Waals surface area contributed by atoms with Gasteiger partial charge in [0.2, 0.25) is 0 Å². The second-order valence-electron chi connectivity index (χ2n) is 3.14. The molecule has 0 saturated carbocycles. The van der Waals surface area contributed by atoms with E-state index in [-0.39, 0.29) is 11.8 Å². The fourth-order valence-corrected chi connectivity index (χ4v) is 0.842. The maximum Gasteiger partial charge on any atom is 0.131 e. The van der Waals surface area contributed by atoms with Crippen LogP contribution in [0, 0.1) is 11.3 Å². The van der Waals surface area contributed by atoms with Crippen LogP contribution in [0.1, 0.15) is 26.7 Å². The minimum atomic E-state index is 0.200. The first-order valence-corrected chi connectivity index (χ1v) is 4.14. The lowest BCUT2D eigenvalue weighted by atomic mass is 10.2. The number of carbonyl (C=O) groups is 1. The third-order valence-corrected chi connectivity index (χ3v) is 1.96. The van der Waals surface area contributed by atoms with Gasteiger partial charge in [0, 0.05) is 19.0 Å². The van der Waals surface area contributed by atoms with Gasteiger partial charge >= 0.3 is 0 Å². The van der Waals surface area contributed by atoms with Crippen LogP contribution in [-0.4, -0.2) is 30.3 Å². The Morgan fingerprint density at radius 1 is 1.67 bits per heavy atom. The normalized spacial score (nSPS) is 12.6. The van der Waals surface area contributed by atoms with Crippen LogP contribution in [0.4, 0.5) is 0 Å². The van der Waals surface area contributed by atoms with Gasteiger partial charge in [0.15, 0.2) is 0 Å². The van der Waals surface area contributed by atoms with E-state index < -0.39 is 0 Å². The molecule has 3 nitrogen and oxygen atoms in total. The second kappa shape index (κ2) is 5.73. The summed E-state index contributed by atoms with van der Waals surface area (Å²) < 4.78 is 0. The molecule has 0 radical (unpaired) electrons. The van der Waals surface area contributed by atoms with Crippen molar-refractivity contribution in [2.75, 3.05) is 13.6 Å². The number of hydrogen-bond acceptors (Lipinski definition) is 3. The number of nitrogens with zero attached hydrogens (tertiary/aromatic N) is 2. The molecule has 0 aliphatic carbocycles. The Morgan fingerprint density at radius 3 is 2.67 bits per heavy atom. The van der Waals surface area contributed by atoms with E-state index in [1.165, 1.54) is 0 Å². The van der Waals surface area contributed by atoms with Gasteiger partial charge < -0.3 is 4.90 Å². The Balaban J connectivity index is 3.64. The summed E-state index contributed by atoms with van der Waals surface area (Å²) >= 11 is 0. The Hall–Kier alpha value is -0.880. The van der Waals surface area contributed by atoms with Crippen molar-refractivity contribution in [3.05, 3.63) is 0 Å². The molecule has 0 aromatic rings. The lowest BCUT2D eigenvalue weighted by Crippen LogP contribution is -2.30. The first-order chi connectivity index (χ1) is 5.57. The van der Waals surface area contributed by atoms with Gasteiger partial charge in [-0.15, -0.1) is 0 Å². The minimum absolute atomic E-state index is 0.200. The predicted octanol–water partition coefficient (Wildman–Crippen LogP) is 1.20. The summed E-state index contributed by atoms with van der Waals surface area (Å²) in [6.45, 7) is 4.32. The van der Waals surface area contributed by atoms with Crippen molar-refractivity contribution >= 4 is 5.78 Å². The van der Waals surface area contributed by atoms with E-state index >= 15 is 0 Å². The summed E-state index contributed by atoms with van der Waals surface area (Å²) in [6, 6.07) is 2.35. The molecule has 0 saturated heterocycles. The third-order valence-electron chi connectivity index (χ3n) is 1.96. The summed E-state index contributed by atoms with van der Waals surface area (Å²) in [5.74, 6) is 0.200. The molecule has 0 N–H and O–H groups in total. The Labute approximate surface area is 74.0 Å². The largest absolute Gasteiger partial charge is 0.302 e. The van der Waals surface area contributed by atoms with Crippen LogP contribution >= 0.6 is 0 Å². The summed E-state index contributed by atoms with van der Waals surface area (Å²) in [5, 5.41) is 8.42. The molecule has 0 spiro atoms. The van der Waals surface area contributed by atoms with Gasteiger partial charge in [-0.3, -0.25) is 4.79 Å². The van der Waals surface area contributed by atoms with Crippen LogP contribution < -0.4 is 0 Å². The molecule has 0 heterocycles. The van der Waals surface area contributed by atoms with E-state index in [2.05, 4.69) is 6.07 Å². The lowest BCUT2D eigenvalue weighted by Gasteiger charge is -2.21. The summed E-state index contributed by atoms with van der Waals surface area (Å²) in [5.41, 5.74) is 0. The van der Waals surface area contributed by atoms with Crippen LogP contribution in [0.15, 0.2) is 0 Å². The molecule has 0 amide bonds. The Bertz CT molecular complexity index is 183. The molecule has 0 aliphatic heterocycles. The SMILES string of the molecule is CC(=O)CCN(C)C(C)CC#N. The van der Waals surface area contributed by atoms with Crippen molar-refractivity contribution < 1.29 is 4.79 Å². The maximum absolute atomic E-state index is 10.6. The van der Waals surface area contributed by atoms with E-state index in [1.807, 2.05) is 18.9 Å². The molecule has 0 aliphatic rings. The molecule has 68 valence electrons. The molecule has 0 aromatic heterocycles. The van der Waals surface area contributed by atoms with Crippen molar-refractivity contribution in [3.8, 4) is 6.07 Å². The van der Waals surface area contributed by atoms with Crippen LogP contribution in [0.2, 0.25) is 0 Å². The van der Waals surface area contributed by atoms with E-state index in [1.54, 1.807) is 6.92 Å². The second-order valence-corrected chi connectivity index (χ2v) is 3.14. The van der Waals surface area contributed by atoms with Crippen LogP contribution in [-0.2, 0) is 4.79 Å². The molecule has 1 unspecified atom stereocenters. The van der Waals surface area contributed by atoms with Crippen LogP contribution in [0.3, 0.4) is 0 Å². The average molecular weight is 168 g/mol.